The van der Waals surface area contributed by atoms with E-state index in [2.05, 4.69) is 60.9 Å². The number of phenolic OH excluding ortho intramolecular Hbond substituents is 1. The Morgan fingerprint density at radius 1 is 0.828 bits per heavy atom. The summed E-state index contributed by atoms with van der Waals surface area (Å²) in [5.41, 5.74) is 6.99. The molecule has 2 heterocycles. The smallest absolute Gasteiger partial charge is 0.160 e. The van der Waals surface area contributed by atoms with Gasteiger partial charge in [0.2, 0.25) is 0 Å². The summed E-state index contributed by atoms with van der Waals surface area (Å²) in [5, 5.41) is 11.2. The summed E-state index contributed by atoms with van der Waals surface area (Å²) in [6, 6.07) is 24.3. The van der Waals surface area contributed by atoms with Crippen LogP contribution >= 0.6 is 0 Å². The first-order valence-corrected chi connectivity index (χ1v) is 9.70. The lowest BCUT2D eigenvalue weighted by Crippen LogP contribution is -2.03. The van der Waals surface area contributed by atoms with Gasteiger partial charge in [-0.25, -0.2) is 9.97 Å². The minimum absolute atomic E-state index is 0.182. The predicted molar refractivity (Wildman–Crippen MR) is 117 cm³/mol. The summed E-state index contributed by atoms with van der Waals surface area (Å²) in [7, 11) is 0. The molecule has 0 unspecified atom stereocenters. The monoisotopic (exact) mass is 379 g/mol. The normalized spacial score (nSPS) is 11.4. The van der Waals surface area contributed by atoms with Gasteiger partial charge in [-0.15, -0.1) is 0 Å². The minimum Gasteiger partial charge on any atom is -0.506 e. The molecule has 1 N–H and O–H groups in total. The van der Waals surface area contributed by atoms with Gasteiger partial charge in [-0.05, 0) is 49.2 Å². The van der Waals surface area contributed by atoms with Gasteiger partial charge in [0.25, 0.3) is 0 Å². The molecule has 0 aliphatic heterocycles. The van der Waals surface area contributed by atoms with E-state index in [0.717, 1.165) is 27.9 Å². The molecule has 0 saturated heterocycles. The van der Waals surface area contributed by atoms with Crippen LogP contribution in [0.4, 0.5) is 0 Å². The standard InChI is InChI=1S/C25H21N3O/c1-16-6-9-18(10-7-16)15-28-22-13-8-17(2)14-21(22)27-25(28)20-12-11-19-4-3-5-23(29)24(19)26-20/h3-14,29H,15H2,1-2H3. The quantitative estimate of drug-likeness (QED) is 0.442. The number of benzene rings is 3. The molecule has 0 amide bonds. The number of hydrogen-bond donors (Lipinski definition) is 1. The van der Waals surface area contributed by atoms with Crippen LogP contribution in [-0.4, -0.2) is 19.6 Å². The summed E-state index contributed by atoms with van der Waals surface area (Å²) in [5.74, 6) is 0.984. The van der Waals surface area contributed by atoms with Crippen molar-refractivity contribution in [2.24, 2.45) is 0 Å². The Balaban J connectivity index is 1.72. The first-order valence-electron chi connectivity index (χ1n) is 9.70. The lowest BCUT2D eigenvalue weighted by atomic mass is 10.1. The topological polar surface area (TPSA) is 50.9 Å². The fourth-order valence-corrected chi connectivity index (χ4v) is 3.73. The van der Waals surface area contributed by atoms with Gasteiger partial charge >= 0.3 is 0 Å². The van der Waals surface area contributed by atoms with Crippen LogP contribution in [0.5, 0.6) is 5.75 Å². The van der Waals surface area contributed by atoms with E-state index in [0.29, 0.717) is 12.1 Å². The predicted octanol–water partition coefficient (Wildman–Crippen LogP) is 5.62. The Morgan fingerprint density at radius 2 is 1.62 bits per heavy atom. The van der Waals surface area contributed by atoms with Crippen LogP contribution in [0, 0.1) is 13.8 Å². The van der Waals surface area contributed by atoms with E-state index >= 15 is 0 Å². The molecule has 0 spiro atoms. The molecule has 2 aromatic heterocycles. The Hall–Kier alpha value is -3.66. The van der Waals surface area contributed by atoms with Crippen molar-refractivity contribution >= 4 is 21.9 Å². The Bertz CT molecular complexity index is 1350. The molecule has 0 aliphatic carbocycles. The van der Waals surface area contributed by atoms with Crippen LogP contribution < -0.4 is 0 Å². The van der Waals surface area contributed by atoms with Crippen molar-refractivity contribution in [2.75, 3.05) is 0 Å². The van der Waals surface area contributed by atoms with Crippen molar-refractivity contribution in [1.82, 2.24) is 14.5 Å². The highest BCUT2D eigenvalue weighted by Gasteiger charge is 2.15. The largest absolute Gasteiger partial charge is 0.506 e. The molecule has 0 bridgehead atoms. The number of hydrogen-bond acceptors (Lipinski definition) is 3. The maximum Gasteiger partial charge on any atom is 0.160 e. The number of aromatic nitrogens is 3. The van der Waals surface area contributed by atoms with Crippen LogP contribution in [0.2, 0.25) is 0 Å². The van der Waals surface area contributed by atoms with E-state index in [1.807, 2.05) is 24.3 Å². The zero-order valence-corrected chi connectivity index (χ0v) is 16.4. The molecular weight excluding hydrogens is 358 g/mol. The van der Waals surface area contributed by atoms with Gasteiger partial charge in [0.1, 0.15) is 17.0 Å². The average Bonchev–Trinajstić information content (AvgIpc) is 3.07. The van der Waals surface area contributed by atoms with Crippen LogP contribution in [0.3, 0.4) is 0 Å². The van der Waals surface area contributed by atoms with Crippen molar-refractivity contribution in [3.05, 3.63) is 89.5 Å². The highest BCUT2D eigenvalue weighted by Crippen LogP contribution is 2.29. The second-order valence-corrected chi connectivity index (χ2v) is 7.54. The van der Waals surface area contributed by atoms with Crippen molar-refractivity contribution in [2.45, 2.75) is 20.4 Å². The second-order valence-electron chi connectivity index (χ2n) is 7.54. The molecule has 29 heavy (non-hydrogen) atoms. The molecule has 5 rings (SSSR count). The zero-order valence-electron chi connectivity index (χ0n) is 16.4. The molecule has 0 aliphatic rings. The van der Waals surface area contributed by atoms with Gasteiger partial charge in [-0.1, -0.05) is 54.1 Å². The van der Waals surface area contributed by atoms with Gasteiger partial charge in [0.15, 0.2) is 5.82 Å². The summed E-state index contributed by atoms with van der Waals surface area (Å²) in [4.78, 5) is 9.66. The van der Waals surface area contributed by atoms with Gasteiger partial charge in [0, 0.05) is 11.9 Å². The van der Waals surface area contributed by atoms with E-state index in [1.165, 1.54) is 16.7 Å². The maximum atomic E-state index is 10.3. The molecule has 0 atom stereocenters. The van der Waals surface area contributed by atoms with Crippen molar-refractivity contribution in [3.8, 4) is 17.3 Å². The van der Waals surface area contributed by atoms with Gasteiger partial charge in [0.05, 0.1) is 11.0 Å². The number of imidazole rings is 1. The van der Waals surface area contributed by atoms with Crippen molar-refractivity contribution in [1.29, 1.82) is 0 Å². The number of nitrogens with zero attached hydrogens (tertiary/aromatic N) is 3. The molecule has 4 nitrogen and oxygen atoms in total. The van der Waals surface area contributed by atoms with Crippen LogP contribution in [0.1, 0.15) is 16.7 Å². The van der Waals surface area contributed by atoms with E-state index < -0.39 is 0 Å². The molecule has 142 valence electrons. The fraction of sp³-hybridized carbons (Fsp3) is 0.120. The molecule has 0 fully saturated rings. The minimum atomic E-state index is 0.182. The van der Waals surface area contributed by atoms with Crippen molar-refractivity contribution < 1.29 is 5.11 Å². The summed E-state index contributed by atoms with van der Waals surface area (Å²) >= 11 is 0. The third-order valence-electron chi connectivity index (χ3n) is 5.29. The number of rotatable bonds is 3. The van der Waals surface area contributed by atoms with Gasteiger partial charge < -0.3 is 9.67 Å². The number of para-hydroxylation sites is 1. The number of aryl methyl sites for hydroxylation is 2. The van der Waals surface area contributed by atoms with E-state index in [9.17, 15) is 5.11 Å². The Kier molecular flexibility index (Phi) is 4.06. The third kappa shape index (κ3) is 3.13. The number of pyridine rings is 1. The number of fused-ring (bicyclic) bond motifs is 2. The molecule has 3 aromatic carbocycles. The maximum absolute atomic E-state index is 10.3. The summed E-state index contributed by atoms with van der Waals surface area (Å²) < 4.78 is 2.20. The van der Waals surface area contributed by atoms with Crippen LogP contribution in [-0.2, 0) is 6.54 Å². The first kappa shape index (κ1) is 17.4. The van der Waals surface area contributed by atoms with Crippen LogP contribution in [0.15, 0.2) is 72.8 Å². The third-order valence-corrected chi connectivity index (χ3v) is 5.29. The summed E-state index contributed by atoms with van der Waals surface area (Å²) in [6.45, 7) is 4.87. The number of aromatic hydroxyl groups is 1. The number of phenols is 1. The van der Waals surface area contributed by atoms with E-state index in [1.54, 1.807) is 6.07 Å². The molecule has 5 aromatic rings. The van der Waals surface area contributed by atoms with Gasteiger partial charge in [-0.3, -0.25) is 0 Å². The fourth-order valence-electron chi connectivity index (χ4n) is 3.73. The lowest BCUT2D eigenvalue weighted by molar-refractivity contribution is 0.480. The van der Waals surface area contributed by atoms with Gasteiger partial charge in [-0.2, -0.15) is 0 Å². The second kappa shape index (κ2) is 6.74. The van der Waals surface area contributed by atoms with Crippen molar-refractivity contribution in [3.63, 3.8) is 0 Å². The Labute approximate surface area is 169 Å². The molecule has 4 heteroatoms. The summed E-state index contributed by atoms with van der Waals surface area (Å²) in [6.07, 6.45) is 0. The lowest BCUT2D eigenvalue weighted by Gasteiger charge is -2.10. The van der Waals surface area contributed by atoms with E-state index in [-0.39, 0.29) is 5.75 Å². The highest BCUT2D eigenvalue weighted by atomic mass is 16.3. The SMILES string of the molecule is Cc1ccc(Cn2c(-c3ccc4cccc(O)c4n3)nc3cc(C)ccc32)cc1. The highest BCUT2D eigenvalue weighted by molar-refractivity contribution is 5.87. The molecule has 0 saturated carbocycles. The molecular formula is C25H21N3O. The van der Waals surface area contributed by atoms with E-state index in [4.69, 9.17) is 9.97 Å². The van der Waals surface area contributed by atoms with Crippen LogP contribution in [0.25, 0.3) is 33.5 Å². The molecule has 0 radical (unpaired) electrons. The first-order chi connectivity index (χ1) is 14.1. The Morgan fingerprint density at radius 3 is 2.45 bits per heavy atom. The zero-order chi connectivity index (χ0) is 20.0. The average molecular weight is 379 g/mol.